The summed E-state index contributed by atoms with van der Waals surface area (Å²) < 4.78 is 7.27. The summed E-state index contributed by atoms with van der Waals surface area (Å²) in [6, 6.07) is 14.7. The minimum Gasteiger partial charge on any atom is -0.378 e. The lowest BCUT2D eigenvalue weighted by Crippen LogP contribution is -2.40. The van der Waals surface area contributed by atoms with Crippen LogP contribution in [0.15, 0.2) is 53.7 Å². The third-order valence-electron chi connectivity index (χ3n) is 9.01. The number of nitrogens with one attached hydrogen (secondary N) is 2. The number of hydrogen-bond acceptors (Lipinski definition) is 10. The Morgan fingerprint density at radius 2 is 1.83 bits per heavy atom. The molecule has 1 atom stereocenters. The molecule has 5 heterocycles. The quantitative estimate of drug-likeness (QED) is 0.290. The van der Waals surface area contributed by atoms with E-state index in [9.17, 15) is 9.59 Å². The zero-order valence-corrected chi connectivity index (χ0v) is 26.8. The normalized spacial score (nSPS) is 17.9. The smallest absolute Gasteiger partial charge is 0.287 e. The van der Waals surface area contributed by atoms with Crippen LogP contribution in [0, 0.1) is 0 Å². The van der Waals surface area contributed by atoms with E-state index in [1.165, 1.54) is 5.56 Å². The fraction of sp³-hybridized carbons (Fsp3) is 0.353. The Morgan fingerprint density at radius 1 is 1.06 bits per heavy atom. The van der Waals surface area contributed by atoms with Crippen LogP contribution in [0.4, 0.5) is 11.5 Å². The third-order valence-corrected chi connectivity index (χ3v) is 9.01. The van der Waals surface area contributed by atoms with E-state index in [2.05, 4.69) is 57.8 Å². The molecule has 0 radical (unpaired) electrons. The summed E-state index contributed by atoms with van der Waals surface area (Å²) >= 11 is 0. The van der Waals surface area contributed by atoms with Crippen LogP contribution in [0.2, 0.25) is 0 Å². The molecule has 0 aliphatic carbocycles. The number of aliphatic imine (C=N–C) groups is 1. The van der Waals surface area contributed by atoms with E-state index in [1.807, 2.05) is 17.0 Å². The standard InChI is InChI=1S/C34H38N10O3/c1-20-4-7-25-16-24(10-11-27(25)44(20)21(2)45)23-8-5-22(6-9-23)17-36-33(46)32-39-28-30(42(32)3)40-29(26-18-37-34(35)38-19-26)41-31(28)43-12-14-47-15-13-43/h5-6,8-11,16,18,20H,4,7,12-15,17,19H2,1-3H3,(H,36,46)(H3,35,37,38)/t20-/m0/s1. The van der Waals surface area contributed by atoms with Crippen molar-refractivity contribution in [1.82, 2.24) is 30.2 Å². The van der Waals surface area contributed by atoms with Crippen molar-refractivity contribution in [2.24, 2.45) is 17.8 Å². The molecule has 1 saturated heterocycles. The van der Waals surface area contributed by atoms with Gasteiger partial charge in [0.2, 0.25) is 11.7 Å². The molecule has 242 valence electrons. The maximum absolute atomic E-state index is 13.5. The summed E-state index contributed by atoms with van der Waals surface area (Å²) in [5, 5.41) is 5.96. The van der Waals surface area contributed by atoms with Crippen molar-refractivity contribution in [2.75, 3.05) is 42.6 Å². The van der Waals surface area contributed by atoms with Gasteiger partial charge >= 0.3 is 0 Å². The van der Waals surface area contributed by atoms with Gasteiger partial charge in [0.05, 0.1) is 19.8 Å². The lowest BCUT2D eigenvalue weighted by atomic mass is 9.93. The van der Waals surface area contributed by atoms with Gasteiger partial charge in [0.1, 0.15) is 0 Å². The van der Waals surface area contributed by atoms with Crippen molar-refractivity contribution in [3.05, 3.63) is 71.4 Å². The van der Waals surface area contributed by atoms with Gasteiger partial charge in [0.25, 0.3) is 5.91 Å². The van der Waals surface area contributed by atoms with Gasteiger partial charge in [-0.2, -0.15) is 0 Å². The highest BCUT2D eigenvalue weighted by Gasteiger charge is 2.27. The maximum atomic E-state index is 13.5. The zero-order valence-electron chi connectivity index (χ0n) is 26.8. The fourth-order valence-corrected chi connectivity index (χ4v) is 6.43. The first-order chi connectivity index (χ1) is 22.8. The van der Waals surface area contributed by atoms with Crippen molar-refractivity contribution >= 4 is 46.0 Å². The van der Waals surface area contributed by atoms with E-state index in [1.54, 1.807) is 24.7 Å². The number of carbonyl (C=O) groups excluding carboxylic acids is 2. The second-order valence-corrected chi connectivity index (χ2v) is 12.2. The van der Waals surface area contributed by atoms with Gasteiger partial charge in [-0.3, -0.25) is 9.59 Å². The number of nitrogens with two attached hydrogens (primary N) is 1. The number of nitrogens with zero attached hydrogens (tertiary/aromatic N) is 7. The van der Waals surface area contributed by atoms with E-state index in [-0.39, 0.29) is 23.7 Å². The molecule has 2 amide bonds. The number of rotatable bonds is 6. The molecule has 2 aromatic carbocycles. The average Bonchev–Trinajstić information content (AvgIpc) is 3.43. The Kier molecular flexibility index (Phi) is 8.06. The van der Waals surface area contributed by atoms with Crippen LogP contribution in [-0.4, -0.2) is 76.2 Å². The summed E-state index contributed by atoms with van der Waals surface area (Å²) in [4.78, 5) is 48.4. The highest BCUT2D eigenvalue weighted by Crippen LogP contribution is 2.34. The van der Waals surface area contributed by atoms with Gasteiger partial charge in [-0.1, -0.05) is 30.3 Å². The molecule has 1 fully saturated rings. The van der Waals surface area contributed by atoms with Crippen molar-refractivity contribution in [3.8, 4) is 11.1 Å². The molecule has 3 aliphatic heterocycles. The molecule has 0 saturated carbocycles. The monoisotopic (exact) mass is 634 g/mol. The van der Waals surface area contributed by atoms with Crippen LogP contribution in [0.1, 0.15) is 47.8 Å². The summed E-state index contributed by atoms with van der Waals surface area (Å²) in [5.74, 6) is 1.52. The van der Waals surface area contributed by atoms with Gasteiger partial charge in [0.15, 0.2) is 28.8 Å². The number of hydrogen-bond donors (Lipinski definition) is 3. The number of morpholine rings is 1. The van der Waals surface area contributed by atoms with Gasteiger partial charge in [0, 0.05) is 57.1 Å². The molecule has 0 spiro atoms. The van der Waals surface area contributed by atoms with Gasteiger partial charge in [-0.25, -0.2) is 19.9 Å². The lowest BCUT2D eigenvalue weighted by molar-refractivity contribution is -0.117. The molecular formula is C34H38N10O3. The largest absolute Gasteiger partial charge is 0.378 e. The number of imidazole rings is 1. The summed E-state index contributed by atoms with van der Waals surface area (Å²) in [7, 11) is 1.79. The first kappa shape index (κ1) is 30.4. The number of guanidine groups is 1. The van der Waals surface area contributed by atoms with Crippen LogP contribution in [0.25, 0.3) is 27.9 Å². The topological polar surface area (TPSA) is 156 Å². The summed E-state index contributed by atoms with van der Waals surface area (Å²) in [6.45, 7) is 6.88. The Hall–Kier alpha value is -5.30. The van der Waals surface area contributed by atoms with Crippen molar-refractivity contribution in [2.45, 2.75) is 39.3 Å². The van der Waals surface area contributed by atoms with Gasteiger partial charge in [-0.05, 0) is 54.2 Å². The Morgan fingerprint density at radius 3 is 2.55 bits per heavy atom. The minimum atomic E-state index is -0.307. The fourth-order valence-electron chi connectivity index (χ4n) is 6.43. The molecule has 3 aliphatic rings. The molecule has 13 heteroatoms. The molecule has 4 N–H and O–H groups in total. The number of ether oxygens (including phenoxy) is 1. The molecule has 4 aromatic rings. The second-order valence-electron chi connectivity index (χ2n) is 12.2. The number of benzene rings is 2. The predicted molar refractivity (Wildman–Crippen MR) is 181 cm³/mol. The van der Waals surface area contributed by atoms with Crippen molar-refractivity contribution < 1.29 is 14.3 Å². The van der Waals surface area contributed by atoms with E-state index in [0.29, 0.717) is 68.2 Å². The van der Waals surface area contributed by atoms with Crippen LogP contribution in [0.3, 0.4) is 0 Å². The van der Waals surface area contributed by atoms with E-state index in [0.717, 1.165) is 40.8 Å². The molecule has 13 nitrogen and oxygen atoms in total. The summed E-state index contributed by atoms with van der Waals surface area (Å²) in [5.41, 5.74) is 13.0. The number of fused-ring (bicyclic) bond motifs is 2. The maximum Gasteiger partial charge on any atom is 0.287 e. The Bertz CT molecular complexity index is 1920. The molecule has 47 heavy (non-hydrogen) atoms. The third kappa shape index (κ3) is 5.89. The highest BCUT2D eigenvalue weighted by atomic mass is 16.5. The van der Waals surface area contributed by atoms with Crippen LogP contribution in [-0.2, 0) is 29.5 Å². The average molecular weight is 635 g/mol. The molecular weight excluding hydrogens is 596 g/mol. The molecule has 7 rings (SSSR count). The molecule has 2 aromatic heterocycles. The Labute approximate surface area is 272 Å². The predicted octanol–water partition coefficient (Wildman–Crippen LogP) is 2.74. The SMILES string of the molecule is CC(=O)N1c2ccc(-c3ccc(CNC(=O)c4nc5c(N6CCOCC6)nc(C6=CNC(N)=NC6)nc5n4C)cc3)cc2CC[C@@H]1C. The number of amides is 2. The van der Waals surface area contributed by atoms with E-state index >= 15 is 0 Å². The minimum absolute atomic E-state index is 0.0716. The van der Waals surface area contributed by atoms with Crippen LogP contribution in [0.5, 0.6) is 0 Å². The van der Waals surface area contributed by atoms with Crippen LogP contribution < -0.4 is 26.2 Å². The Balaban J connectivity index is 1.10. The van der Waals surface area contributed by atoms with Crippen LogP contribution >= 0.6 is 0 Å². The second kappa shape index (κ2) is 12.5. The highest BCUT2D eigenvalue weighted by molar-refractivity contribution is 5.97. The van der Waals surface area contributed by atoms with E-state index < -0.39 is 0 Å². The number of carbonyl (C=O) groups is 2. The van der Waals surface area contributed by atoms with Gasteiger partial charge in [-0.15, -0.1) is 0 Å². The van der Waals surface area contributed by atoms with E-state index in [4.69, 9.17) is 25.4 Å². The molecule has 0 unspecified atom stereocenters. The number of aromatic nitrogens is 4. The van der Waals surface area contributed by atoms with Crippen molar-refractivity contribution in [1.29, 1.82) is 0 Å². The number of aryl methyl sites for hydroxylation is 2. The van der Waals surface area contributed by atoms with Gasteiger partial charge < -0.3 is 35.5 Å². The van der Waals surface area contributed by atoms with Crippen molar-refractivity contribution in [3.63, 3.8) is 0 Å². The zero-order chi connectivity index (χ0) is 32.7. The molecule has 0 bridgehead atoms. The lowest BCUT2D eigenvalue weighted by Gasteiger charge is -2.34. The first-order valence-electron chi connectivity index (χ1n) is 15.9. The first-order valence-corrected chi connectivity index (χ1v) is 15.9. The number of anilines is 2. The summed E-state index contributed by atoms with van der Waals surface area (Å²) in [6.07, 6.45) is 3.65.